The van der Waals surface area contributed by atoms with Gasteiger partial charge in [-0.3, -0.25) is 14.4 Å². The van der Waals surface area contributed by atoms with Crippen LogP contribution in [0, 0.1) is 12.8 Å². The summed E-state index contributed by atoms with van der Waals surface area (Å²) < 4.78 is 5.36. The summed E-state index contributed by atoms with van der Waals surface area (Å²) in [4.78, 5) is 46.7. The number of nitrogens with two attached hydrogens (primary N) is 1. The number of piperidine rings is 1. The van der Waals surface area contributed by atoms with Gasteiger partial charge in [-0.25, -0.2) is 4.98 Å². The van der Waals surface area contributed by atoms with Crippen molar-refractivity contribution in [1.82, 2.24) is 25.5 Å². The third-order valence-corrected chi connectivity index (χ3v) is 8.57. The van der Waals surface area contributed by atoms with Crippen molar-refractivity contribution in [2.24, 2.45) is 11.7 Å². The molecule has 0 spiro atoms. The van der Waals surface area contributed by atoms with E-state index in [-0.39, 0.29) is 23.8 Å². The molecule has 5 heterocycles. The molecule has 39 heavy (non-hydrogen) atoms. The van der Waals surface area contributed by atoms with Gasteiger partial charge < -0.3 is 31.0 Å². The van der Waals surface area contributed by atoms with E-state index in [0.717, 1.165) is 68.3 Å². The van der Waals surface area contributed by atoms with Gasteiger partial charge in [-0.05, 0) is 50.8 Å². The Bertz CT molecular complexity index is 1320. The zero-order valence-corrected chi connectivity index (χ0v) is 23.1. The molecule has 3 aliphatic heterocycles. The number of hydrogen-bond acceptors (Lipinski definition) is 7. The van der Waals surface area contributed by atoms with E-state index in [4.69, 9.17) is 10.5 Å². The van der Waals surface area contributed by atoms with E-state index in [1.807, 2.05) is 30.0 Å². The van der Waals surface area contributed by atoms with Gasteiger partial charge in [0, 0.05) is 73.6 Å². The topological polar surface area (TPSA) is 142 Å². The van der Waals surface area contributed by atoms with Crippen LogP contribution in [0.4, 0.5) is 0 Å². The monoisotopic (exact) mass is 552 g/mol. The largest absolute Gasteiger partial charge is 0.381 e. The first-order valence-electron chi connectivity index (χ1n) is 13.6. The number of nitrogens with one attached hydrogen (secondary N) is 3. The lowest BCUT2D eigenvalue weighted by atomic mass is 9.96. The van der Waals surface area contributed by atoms with Crippen molar-refractivity contribution in [2.45, 2.75) is 51.6 Å². The molecule has 0 unspecified atom stereocenters. The highest BCUT2D eigenvalue weighted by Gasteiger charge is 2.31. The molecule has 2 saturated heterocycles. The Morgan fingerprint density at radius 1 is 1.18 bits per heavy atom. The number of aromatic nitrogens is 2. The number of carbonyl (C=O) groups is 3. The minimum Gasteiger partial charge on any atom is -0.381 e. The molecule has 208 valence electrons. The average molecular weight is 553 g/mol. The van der Waals surface area contributed by atoms with Crippen molar-refractivity contribution in [3.05, 3.63) is 51.1 Å². The fourth-order valence-corrected chi connectivity index (χ4v) is 6.33. The third-order valence-electron chi connectivity index (χ3n) is 7.48. The number of amides is 3. The molecule has 1 atom stereocenters. The number of fused-ring (bicyclic) bond motifs is 2. The van der Waals surface area contributed by atoms with Crippen molar-refractivity contribution in [1.29, 1.82) is 0 Å². The number of carbonyl (C=O) groups excluding carboxylic acids is 3. The lowest BCUT2D eigenvalue weighted by molar-refractivity contribution is -0.139. The molecule has 3 amide bonds. The molecule has 0 radical (unpaired) electrons. The van der Waals surface area contributed by atoms with Crippen LogP contribution in [0.3, 0.4) is 0 Å². The minimum atomic E-state index is -0.422. The number of primary amides is 1. The Morgan fingerprint density at radius 3 is 2.77 bits per heavy atom. The molecule has 3 aliphatic rings. The summed E-state index contributed by atoms with van der Waals surface area (Å²) in [6.45, 7) is 6.48. The predicted octanol–water partition coefficient (Wildman–Crippen LogP) is 2.51. The summed E-state index contributed by atoms with van der Waals surface area (Å²) in [7, 11) is 0. The smallest absolute Gasteiger partial charge is 0.280 e. The van der Waals surface area contributed by atoms with E-state index in [9.17, 15) is 14.4 Å². The summed E-state index contributed by atoms with van der Waals surface area (Å²) in [6.07, 6.45) is 4.35. The Morgan fingerprint density at radius 2 is 2.00 bits per heavy atom. The SMILES string of the molecule is Cc1ccc2[nH]c(C(N)=O)cc2c1.O=C(N[C@H]1CCCN(C(=O)C2CCOCC2)C1)c1nc2c(s1)CNCC2. The molecule has 5 N–H and O–H groups in total. The summed E-state index contributed by atoms with van der Waals surface area (Å²) in [6, 6.07) is 7.73. The quantitative estimate of drug-likeness (QED) is 0.392. The van der Waals surface area contributed by atoms with Crippen LogP contribution in [-0.2, 0) is 22.5 Å². The molecule has 2 aromatic heterocycles. The molecule has 6 rings (SSSR count). The fourth-order valence-electron chi connectivity index (χ4n) is 5.35. The molecule has 0 bridgehead atoms. The number of aromatic amines is 1. The van der Waals surface area contributed by atoms with Gasteiger partial charge in [0.15, 0.2) is 5.01 Å². The number of benzene rings is 1. The lowest BCUT2D eigenvalue weighted by Crippen LogP contribution is -2.51. The van der Waals surface area contributed by atoms with Gasteiger partial charge in [-0.1, -0.05) is 11.6 Å². The zero-order valence-electron chi connectivity index (χ0n) is 22.3. The Balaban J connectivity index is 0.000000198. The Kier molecular flexibility index (Phi) is 8.59. The maximum Gasteiger partial charge on any atom is 0.280 e. The number of rotatable bonds is 4. The van der Waals surface area contributed by atoms with Crippen LogP contribution in [0.25, 0.3) is 10.9 Å². The number of aryl methyl sites for hydroxylation is 1. The normalized spacial score (nSPS) is 19.6. The maximum atomic E-state index is 12.7. The second-order valence-electron chi connectivity index (χ2n) is 10.4. The number of likely N-dealkylation sites (tertiary alicyclic amines) is 1. The molecular formula is C28H36N6O4S. The number of thiazole rings is 1. The molecule has 1 aromatic carbocycles. The standard InChI is InChI=1S/C18H26N4O3S.C10H10N2O/c23-16(17-21-14-3-6-19-10-15(14)26-17)20-13-2-1-7-22(11-13)18(24)12-4-8-25-9-5-12;1-6-2-3-8-7(4-6)5-9(12-8)10(11)13/h12-13,19H,1-11H2,(H,20,23);2-5,12H,1H3,(H2,11,13)/t13-;/m0./s1. The lowest BCUT2D eigenvalue weighted by Gasteiger charge is -2.36. The van der Waals surface area contributed by atoms with Gasteiger partial charge in [-0.2, -0.15) is 0 Å². The predicted molar refractivity (Wildman–Crippen MR) is 150 cm³/mol. The van der Waals surface area contributed by atoms with Crippen molar-refractivity contribution >= 4 is 40.0 Å². The van der Waals surface area contributed by atoms with Gasteiger partial charge in [0.1, 0.15) is 5.69 Å². The first-order chi connectivity index (χ1) is 18.9. The van der Waals surface area contributed by atoms with Gasteiger partial charge in [0.2, 0.25) is 5.91 Å². The highest BCUT2D eigenvalue weighted by atomic mass is 32.1. The van der Waals surface area contributed by atoms with Gasteiger partial charge in [0.25, 0.3) is 11.8 Å². The fraction of sp³-hybridized carbons (Fsp3) is 0.500. The molecule has 3 aromatic rings. The molecular weight excluding hydrogens is 516 g/mol. The highest BCUT2D eigenvalue weighted by molar-refractivity contribution is 7.13. The highest BCUT2D eigenvalue weighted by Crippen LogP contribution is 2.23. The van der Waals surface area contributed by atoms with E-state index in [2.05, 4.69) is 20.6 Å². The van der Waals surface area contributed by atoms with E-state index in [0.29, 0.717) is 30.5 Å². The van der Waals surface area contributed by atoms with E-state index in [1.54, 1.807) is 6.07 Å². The Hall–Kier alpha value is -3.28. The van der Waals surface area contributed by atoms with Crippen LogP contribution >= 0.6 is 11.3 Å². The number of ether oxygens (including phenoxy) is 1. The van der Waals surface area contributed by atoms with E-state index in [1.165, 1.54) is 21.8 Å². The van der Waals surface area contributed by atoms with E-state index >= 15 is 0 Å². The van der Waals surface area contributed by atoms with Gasteiger partial charge in [-0.15, -0.1) is 11.3 Å². The molecule has 0 saturated carbocycles. The van der Waals surface area contributed by atoms with Crippen molar-refractivity contribution in [2.75, 3.05) is 32.8 Å². The maximum absolute atomic E-state index is 12.7. The first kappa shape index (κ1) is 27.3. The number of nitrogens with zero attached hydrogens (tertiary/aromatic N) is 2. The van der Waals surface area contributed by atoms with Crippen LogP contribution < -0.4 is 16.4 Å². The minimum absolute atomic E-state index is 0.0130. The van der Waals surface area contributed by atoms with Gasteiger partial charge >= 0.3 is 0 Å². The van der Waals surface area contributed by atoms with Crippen LogP contribution in [0.2, 0.25) is 0 Å². The second kappa shape index (κ2) is 12.3. The third kappa shape index (κ3) is 6.66. The van der Waals surface area contributed by atoms with Crippen LogP contribution in [0.5, 0.6) is 0 Å². The van der Waals surface area contributed by atoms with Crippen LogP contribution in [-0.4, -0.2) is 71.5 Å². The number of H-pyrrole nitrogens is 1. The molecule has 2 fully saturated rings. The first-order valence-corrected chi connectivity index (χ1v) is 14.4. The van der Waals surface area contributed by atoms with Crippen molar-refractivity contribution < 1.29 is 19.1 Å². The van der Waals surface area contributed by atoms with Gasteiger partial charge in [0.05, 0.1) is 5.69 Å². The molecule has 0 aliphatic carbocycles. The van der Waals surface area contributed by atoms with Crippen LogP contribution in [0.1, 0.15) is 62.1 Å². The van der Waals surface area contributed by atoms with E-state index < -0.39 is 5.91 Å². The number of hydrogen-bond donors (Lipinski definition) is 4. The summed E-state index contributed by atoms with van der Waals surface area (Å²) in [5, 5.41) is 7.98. The molecule has 11 heteroatoms. The van der Waals surface area contributed by atoms with Crippen molar-refractivity contribution in [3.8, 4) is 0 Å². The van der Waals surface area contributed by atoms with Crippen molar-refractivity contribution in [3.63, 3.8) is 0 Å². The average Bonchev–Trinajstić information content (AvgIpc) is 3.58. The summed E-state index contributed by atoms with van der Waals surface area (Å²) in [5.74, 6) is -0.219. The summed E-state index contributed by atoms with van der Waals surface area (Å²) >= 11 is 1.48. The van der Waals surface area contributed by atoms with Crippen LogP contribution in [0.15, 0.2) is 24.3 Å². The molecule has 10 nitrogen and oxygen atoms in total. The summed E-state index contributed by atoms with van der Waals surface area (Å²) in [5.41, 5.74) is 8.77. The zero-order chi connectivity index (χ0) is 27.4. The second-order valence-corrected chi connectivity index (χ2v) is 11.5. The Labute approximate surface area is 231 Å².